The second-order valence-corrected chi connectivity index (χ2v) is 11.3. The lowest BCUT2D eigenvalue weighted by atomic mass is 9.89. The Hall–Kier alpha value is -1.83. The third kappa shape index (κ3) is 9.62. The Bertz CT molecular complexity index is 835. The van der Waals surface area contributed by atoms with Gasteiger partial charge in [-0.2, -0.15) is 0 Å². The number of halogens is 2. The Morgan fingerprint density at radius 3 is 2.46 bits per heavy atom. The maximum absolute atomic E-state index is 14.8. The van der Waals surface area contributed by atoms with E-state index in [0.29, 0.717) is 44.2 Å². The van der Waals surface area contributed by atoms with Gasteiger partial charge in [0, 0.05) is 23.7 Å². The Morgan fingerprint density at radius 2 is 1.86 bits per heavy atom. The number of piperidine rings is 1. The molecule has 0 N–H and O–H groups in total. The topological polar surface area (TPSA) is 55.8 Å². The molecule has 1 atom stereocenters. The van der Waals surface area contributed by atoms with Crippen LogP contribution in [-0.2, 0) is 14.3 Å². The van der Waals surface area contributed by atoms with Crippen LogP contribution in [0.1, 0.15) is 91.0 Å². The number of esters is 1. The van der Waals surface area contributed by atoms with Gasteiger partial charge in [0.1, 0.15) is 5.60 Å². The van der Waals surface area contributed by atoms with Gasteiger partial charge in [-0.1, -0.05) is 39.2 Å². The van der Waals surface area contributed by atoms with Crippen molar-refractivity contribution in [3.8, 4) is 0 Å². The highest BCUT2D eigenvalue weighted by molar-refractivity contribution is 7.99. The number of amides is 1. The van der Waals surface area contributed by atoms with Gasteiger partial charge in [-0.25, -0.2) is 13.6 Å². The van der Waals surface area contributed by atoms with Crippen LogP contribution >= 0.6 is 11.8 Å². The molecule has 0 saturated carbocycles. The van der Waals surface area contributed by atoms with Crippen molar-refractivity contribution in [3.05, 3.63) is 29.3 Å². The molecular weight excluding hydrogens is 472 g/mol. The maximum Gasteiger partial charge on any atom is 0.410 e. The SMILES string of the molecule is CCCCC(CC)COC(=O)CCSc1c(C2CCN(C(=O)OC(C)(C)C)CC2)ccc(F)c1F. The summed E-state index contributed by atoms with van der Waals surface area (Å²) >= 11 is 1.16. The third-order valence-corrected chi connectivity index (χ3v) is 7.35. The fourth-order valence-electron chi connectivity index (χ4n) is 4.13. The van der Waals surface area contributed by atoms with Crippen LogP contribution in [0, 0.1) is 17.6 Å². The summed E-state index contributed by atoms with van der Waals surface area (Å²) in [5.41, 5.74) is 0.170. The standard InChI is InChI=1S/C27H41F2NO4S/c1-6-8-9-19(7-2)18-33-23(31)14-17-35-25-21(10-11-22(28)24(25)29)20-12-15-30(16-13-20)26(32)34-27(3,4)5/h10-11,19-20H,6-9,12-18H2,1-5H3. The zero-order valence-electron chi connectivity index (χ0n) is 21.8. The molecular formula is C27H41F2NO4S. The normalized spacial score (nSPS) is 15.7. The van der Waals surface area contributed by atoms with Gasteiger partial charge in [-0.05, 0) is 63.5 Å². The predicted molar refractivity (Wildman–Crippen MR) is 136 cm³/mol. The average molecular weight is 514 g/mol. The van der Waals surface area contributed by atoms with Crippen LogP contribution in [0.3, 0.4) is 0 Å². The molecule has 2 rings (SSSR count). The van der Waals surface area contributed by atoms with Crippen LogP contribution in [0.15, 0.2) is 17.0 Å². The summed E-state index contributed by atoms with van der Waals surface area (Å²) in [6.07, 6.45) is 5.29. The molecule has 1 unspecified atom stereocenters. The van der Waals surface area contributed by atoms with E-state index in [9.17, 15) is 18.4 Å². The first-order valence-electron chi connectivity index (χ1n) is 12.8. The number of rotatable bonds is 11. The van der Waals surface area contributed by atoms with Crippen LogP contribution in [0.25, 0.3) is 0 Å². The van der Waals surface area contributed by atoms with Gasteiger partial charge in [0.15, 0.2) is 11.6 Å². The highest BCUT2D eigenvalue weighted by atomic mass is 32.2. The monoisotopic (exact) mass is 513 g/mol. The van der Waals surface area contributed by atoms with Crippen LogP contribution in [0.5, 0.6) is 0 Å². The van der Waals surface area contributed by atoms with Crippen LogP contribution in [0.2, 0.25) is 0 Å². The Morgan fingerprint density at radius 1 is 1.17 bits per heavy atom. The Kier molecular flexibility index (Phi) is 11.8. The minimum Gasteiger partial charge on any atom is -0.465 e. The minimum absolute atomic E-state index is 0.00196. The number of hydrogen-bond acceptors (Lipinski definition) is 5. The molecule has 35 heavy (non-hydrogen) atoms. The van der Waals surface area contributed by atoms with Crippen molar-refractivity contribution in [1.82, 2.24) is 4.90 Å². The molecule has 1 amide bonds. The van der Waals surface area contributed by atoms with Gasteiger partial charge in [-0.15, -0.1) is 11.8 Å². The summed E-state index contributed by atoms with van der Waals surface area (Å²) in [4.78, 5) is 26.5. The van der Waals surface area contributed by atoms with Crippen molar-refractivity contribution in [2.75, 3.05) is 25.4 Å². The van der Waals surface area contributed by atoms with Gasteiger partial charge in [0.05, 0.1) is 13.0 Å². The molecule has 5 nitrogen and oxygen atoms in total. The van der Waals surface area contributed by atoms with Crippen molar-refractivity contribution in [3.63, 3.8) is 0 Å². The predicted octanol–water partition coefficient (Wildman–Crippen LogP) is 7.32. The van der Waals surface area contributed by atoms with Crippen LogP contribution in [-0.4, -0.2) is 48.0 Å². The number of thioether (sulfide) groups is 1. The molecule has 8 heteroatoms. The number of carbonyl (C=O) groups excluding carboxylic acids is 2. The van der Waals surface area contributed by atoms with E-state index in [4.69, 9.17) is 9.47 Å². The maximum atomic E-state index is 14.8. The van der Waals surface area contributed by atoms with Crippen molar-refractivity contribution < 1.29 is 27.8 Å². The van der Waals surface area contributed by atoms with Gasteiger partial charge < -0.3 is 14.4 Å². The molecule has 1 saturated heterocycles. The number of hydrogen-bond donors (Lipinski definition) is 0. The fraction of sp³-hybridized carbons (Fsp3) is 0.704. The van der Waals surface area contributed by atoms with E-state index >= 15 is 0 Å². The summed E-state index contributed by atoms with van der Waals surface area (Å²) in [6, 6.07) is 2.79. The lowest BCUT2D eigenvalue weighted by molar-refractivity contribution is -0.144. The molecule has 1 heterocycles. The highest BCUT2D eigenvalue weighted by Crippen LogP contribution is 2.38. The molecule has 1 fully saturated rings. The first-order chi connectivity index (χ1) is 16.6. The molecule has 0 aromatic heterocycles. The molecule has 1 aliphatic heterocycles. The largest absolute Gasteiger partial charge is 0.465 e. The fourth-order valence-corrected chi connectivity index (χ4v) is 5.23. The zero-order chi connectivity index (χ0) is 26.0. The van der Waals surface area contributed by atoms with E-state index in [1.54, 1.807) is 11.0 Å². The summed E-state index contributed by atoms with van der Waals surface area (Å²) in [5, 5.41) is 0. The third-order valence-electron chi connectivity index (χ3n) is 6.24. The lowest BCUT2D eigenvalue weighted by Crippen LogP contribution is -2.41. The molecule has 1 aromatic carbocycles. The van der Waals surface area contributed by atoms with Crippen molar-refractivity contribution >= 4 is 23.8 Å². The summed E-state index contributed by atoms with van der Waals surface area (Å²) in [6.45, 7) is 11.1. The summed E-state index contributed by atoms with van der Waals surface area (Å²) < 4.78 is 39.7. The van der Waals surface area contributed by atoms with Crippen molar-refractivity contribution in [2.24, 2.45) is 5.92 Å². The first kappa shape index (κ1) is 29.4. The number of benzene rings is 1. The second kappa shape index (κ2) is 14.0. The number of unbranched alkanes of at least 4 members (excludes halogenated alkanes) is 1. The molecule has 0 bridgehead atoms. The van der Waals surface area contributed by atoms with Gasteiger partial charge >= 0.3 is 12.1 Å². The second-order valence-electron chi connectivity index (χ2n) is 10.2. The average Bonchev–Trinajstić information content (AvgIpc) is 2.81. The van der Waals surface area contributed by atoms with Crippen LogP contribution in [0.4, 0.5) is 13.6 Å². The number of carbonyl (C=O) groups is 2. The Labute approximate surface area is 213 Å². The molecule has 0 aliphatic carbocycles. The number of likely N-dealkylation sites (tertiary alicyclic amines) is 1. The molecule has 1 aliphatic rings. The zero-order valence-corrected chi connectivity index (χ0v) is 22.6. The quantitative estimate of drug-likeness (QED) is 0.229. The highest BCUT2D eigenvalue weighted by Gasteiger charge is 2.29. The summed E-state index contributed by atoms with van der Waals surface area (Å²) in [5.74, 6) is -1.40. The number of nitrogens with zero attached hydrogens (tertiary/aromatic N) is 1. The Balaban J connectivity index is 1.93. The van der Waals surface area contributed by atoms with Gasteiger partial charge in [0.2, 0.25) is 0 Å². The van der Waals surface area contributed by atoms with Crippen molar-refractivity contribution in [2.45, 2.75) is 96.0 Å². The lowest BCUT2D eigenvalue weighted by Gasteiger charge is -2.34. The first-order valence-corrected chi connectivity index (χ1v) is 13.8. The van der Waals surface area contributed by atoms with E-state index in [0.717, 1.165) is 49.1 Å². The van der Waals surface area contributed by atoms with E-state index in [1.807, 2.05) is 20.8 Å². The summed E-state index contributed by atoms with van der Waals surface area (Å²) in [7, 11) is 0. The van der Waals surface area contributed by atoms with E-state index in [-0.39, 0.29) is 29.3 Å². The van der Waals surface area contributed by atoms with E-state index in [2.05, 4.69) is 13.8 Å². The molecule has 1 aromatic rings. The smallest absolute Gasteiger partial charge is 0.410 e. The number of ether oxygens (including phenoxy) is 2. The van der Waals surface area contributed by atoms with Gasteiger partial charge in [0.25, 0.3) is 0 Å². The molecule has 0 radical (unpaired) electrons. The minimum atomic E-state index is -0.897. The van der Waals surface area contributed by atoms with Crippen LogP contribution < -0.4 is 0 Å². The van der Waals surface area contributed by atoms with Crippen molar-refractivity contribution in [1.29, 1.82) is 0 Å². The van der Waals surface area contributed by atoms with Gasteiger partial charge in [-0.3, -0.25) is 4.79 Å². The molecule has 198 valence electrons. The molecule has 0 spiro atoms. The van der Waals surface area contributed by atoms with E-state index < -0.39 is 17.2 Å². The van der Waals surface area contributed by atoms with E-state index in [1.165, 1.54) is 0 Å².